The van der Waals surface area contributed by atoms with Crippen molar-refractivity contribution in [3.8, 4) is 17.2 Å². The number of aromatic hydroxyl groups is 2. The number of halogens is 1. The molecule has 0 amide bonds. The minimum Gasteiger partial charge on any atom is -0.505 e. The first kappa shape index (κ1) is 47.6. The van der Waals surface area contributed by atoms with E-state index in [1.165, 1.54) is 12.1 Å². The molecule has 62 heavy (non-hydrogen) atoms. The van der Waals surface area contributed by atoms with Gasteiger partial charge in [-0.15, -0.1) is 10.2 Å². The van der Waals surface area contributed by atoms with Crippen LogP contribution in [-0.2, 0) is 54.8 Å². The predicted octanol–water partition coefficient (Wildman–Crippen LogP) is 3.00. The van der Waals surface area contributed by atoms with E-state index in [-0.39, 0.29) is 18.0 Å². The smallest absolute Gasteiger partial charge is 0.397 e. The molecule has 0 atom stereocenters. The second-order valence-electron chi connectivity index (χ2n) is 12.2. The Hall–Kier alpha value is -5.45. The molecule has 9 N–H and O–H groups in total. The molecule has 1 aromatic heterocycles. The lowest BCUT2D eigenvalue weighted by Crippen LogP contribution is -2.16. The molecule has 0 aliphatic heterocycles. The van der Waals surface area contributed by atoms with Gasteiger partial charge in [-0.3, -0.25) is 18.2 Å². The minimum absolute atomic E-state index is 0.0387. The molecular formula is C30H28ClN7O19S5. The standard InChI is InChI=1S/C30H28ClN7O19S5/c1-14-2-3-21(56-5-4-39)18(8-14)37-38-25-22(60(47,48)49)10-15-9-17(59(44,45)46)12-19(24(15)27(25)41)32-29-34-28(31)35-30(36-29)33-20-11-16(13-23(26(20)40)61(50,51)52)58(42,43)7-6-57-62(53,54)55/h2-3,8-13,39-41H,4-7H2,1H3,(H,44,45,46)(H,47,48,49)(H,50,51,52)(H,53,54,55)(H2,32,33,34,35,36)/b38-37+. The first-order chi connectivity index (χ1) is 28.6. The topological polar surface area (TPSA) is 418 Å². The molecule has 0 radical (unpaired) electrons. The van der Waals surface area contributed by atoms with Crippen molar-refractivity contribution in [1.29, 1.82) is 0 Å². The molecule has 26 nitrogen and oxygen atoms in total. The first-order valence-corrected chi connectivity index (χ1v) is 24.0. The fourth-order valence-electron chi connectivity index (χ4n) is 5.21. The van der Waals surface area contributed by atoms with Crippen LogP contribution in [0.25, 0.3) is 10.8 Å². The number of benzene rings is 4. The molecule has 32 heteroatoms. The number of hydrogen-bond donors (Lipinski definition) is 9. The summed E-state index contributed by atoms with van der Waals surface area (Å²) in [4.78, 5) is 7.04. The highest BCUT2D eigenvalue weighted by molar-refractivity contribution is 7.91. The molecule has 0 saturated carbocycles. The Morgan fingerprint density at radius 1 is 0.694 bits per heavy atom. The van der Waals surface area contributed by atoms with Crippen LogP contribution in [0.3, 0.4) is 0 Å². The molecule has 0 spiro atoms. The summed E-state index contributed by atoms with van der Waals surface area (Å²) in [6.07, 6.45) is 0. The number of fused-ring (bicyclic) bond motifs is 1. The zero-order chi connectivity index (χ0) is 46.2. The molecule has 4 aromatic carbocycles. The summed E-state index contributed by atoms with van der Waals surface area (Å²) in [5.74, 6) is -5.01. The van der Waals surface area contributed by atoms with Crippen molar-refractivity contribution in [2.45, 2.75) is 26.5 Å². The lowest BCUT2D eigenvalue weighted by molar-refractivity contribution is 0.202. The van der Waals surface area contributed by atoms with Crippen molar-refractivity contribution < 1.29 is 84.5 Å². The minimum atomic E-state index is -5.41. The largest absolute Gasteiger partial charge is 0.505 e. The van der Waals surface area contributed by atoms with Gasteiger partial charge in [0, 0.05) is 5.39 Å². The molecule has 0 aliphatic carbocycles. The van der Waals surface area contributed by atoms with Crippen molar-refractivity contribution in [2.75, 3.05) is 36.2 Å². The monoisotopic (exact) mass is 985 g/mol. The maximum absolute atomic E-state index is 13.0. The molecule has 0 unspecified atom stereocenters. The van der Waals surface area contributed by atoms with Crippen molar-refractivity contribution in [3.63, 3.8) is 0 Å². The van der Waals surface area contributed by atoms with Crippen LogP contribution < -0.4 is 15.4 Å². The van der Waals surface area contributed by atoms with E-state index in [0.29, 0.717) is 35.9 Å². The van der Waals surface area contributed by atoms with Crippen molar-refractivity contribution in [1.82, 2.24) is 15.0 Å². The number of nitrogens with zero attached hydrogens (tertiary/aromatic N) is 5. The number of aliphatic hydroxyl groups is 1. The van der Waals surface area contributed by atoms with Gasteiger partial charge >= 0.3 is 10.4 Å². The van der Waals surface area contributed by atoms with Crippen LogP contribution in [-0.4, -0.2) is 116 Å². The number of phenolic OH excluding ortho intramolecular Hbond substituents is 2. The van der Waals surface area contributed by atoms with Gasteiger partial charge in [-0.25, -0.2) is 12.6 Å². The van der Waals surface area contributed by atoms with Gasteiger partial charge in [-0.1, -0.05) is 6.07 Å². The van der Waals surface area contributed by atoms with Crippen LogP contribution in [0.2, 0.25) is 5.28 Å². The lowest BCUT2D eigenvalue weighted by atomic mass is 10.1. The Morgan fingerprint density at radius 2 is 1.31 bits per heavy atom. The van der Waals surface area contributed by atoms with E-state index in [1.54, 1.807) is 13.0 Å². The SMILES string of the molecule is Cc1ccc(OCCO)c(/N=N/c2c(S(=O)(=O)O)cc3cc(S(=O)(=O)O)cc(Nc4nc(Cl)nc(Nc5cc(S(=O)(=O)CCOS(=O)(=O)O)cc(S(=O)(=O)O)c5O)n4)c3c2O)c1. The maximum atomic E-state index is 13.0. The van der Waals surface area contributed by atoms with E-state index in [2.05, 4.69) is 40.0 Å². The molecule has 5 rings (SSSR count). The Labute approximate surface area is 355 Å². The summed E-state index contributed by atoms with van der Waals surface area (Å²) in [7, 11) is -25.7. The second kappa shape index (κ2) is 17.7. The number of ether oxygens (including phenoxy) is 1. The summed E-state index contributed by atoms with van der Waals surface area (Å²) < 4.78 is 170. The predicted molar refractivity (Wildman–Crippen MR) is 212 cm³/mol. The first-order valence-electron chi connectivity index (χ1n) is 16.3. The Balaban J connectivity index is 1.67. The Morgan fingerprint density at radius 3 is 1.89 bits per heavy atom. The summed E-state index contributed by atoms with van der Waals surface area (Å²) >= 11 is 6.08. The van der Waals surface area contributed by atoms with Crippen LogP contribution >= 0.6 is 11.6 Å². The number of aliphatic hydroxyl groups excluding tert-OH is 1. The van der Waals surface area contributed by atoms with E-state index >= 15 is 0 Å². The highest BCUT2D eigenvalue weighted by Gasteiger charge is 2.28. The molecule has 0 aliphatic rings. The van der Waals surface area contributed by atoms with Crippen molar-refractivity contribution in [3.05, 3.63) is 59.4 Å². The molecule has 1 heterocycles. The zero-order valence-electron chi connectivity index (χ0n) is 30.6. The fraction of sp³-hybridized carbons (Fsp3) is 0.167. The number of phenols is 2. The van der Waals surface area contributed by atoms with Gasteiger partial charge in [0.05, 0.1) is 40.1 Å². The highest BCUT2D eigenvalue weighted by Crippen LogP contribution is 2.46. The summed E-state index contributed by atoms with van der Waals surface area (Å²) in [6, 6.07) is 7.44. The molecule has 0 fully saturated rings. The Kier molecular flexibility index (Phi) is 13.6. The number of anilines is 4. The molecule has 5 aromatic rings. The zero-order valence-corrected chi connectivity index (χ0v) is 35.5. The molecule has 0 saturated heterocycles. The maximum Gasteiger partial charge on any atom is 0.397 e. The third kappa shape index (κ3) is 11.5. The van der Waals surface area contributed by atoms with E-state index in [9.17, 15) is 71.1 Å². The molecule has 0 bridgehead atoms. The van der Waals surface area contributed by atoms with Gasteiger partial charge in [0.2, 0.25) is 17.2 Å². The van der Waals surface area contributed by atoms with Gasteiger partial charge in [0.1, 0.15) is 33.5 Å². The van der Waals surface area contributed by atoms with Crippen LogP contribution in [0.15, 0.2) is 78.3 Å². The van der Waals surface area contributed by atoms with Crippen LogP contribution in [0, 0.1) is 6.92 Å². The van der Waals surface area contributed by atoms with Gasteiger partial charge in [0.25, 0.3) is 30.4 Å². The second-order valence-corrected chi connectivity index (χ2v) is 19.9. The number of nitrogens with one attached hydrogen (secondary N) is 2. The third-order valence-electron chi connectivity index (χ3n) is 7.79. The summed E-state index contributed by atoms with van der Waals surface area (Å²) in [6.45, 7) is -0.0978. The van der Waals surface area contributed by atoms with Crippen molar-refractivity contribution in [2.24, 2.45) is 10.2 Å². The van der Waals surface area contributed by atoms with E-state index < -0.39 is 146 Å². The van der Waals surface area contributed by atoms with Gasteiger partial charge in [-0.2, -0.15) is 48.6 Å². The normalized spacial score (nSPS) is 12.8. The van der Waals surface area contributed by atoms with E-state index in [1.807, 2.05) is 0 Å². The Bertz CT molecular complexity index is 3230. The molecule has 334 valence electrons. The van der Waals surface area contributed by atoms with Crippen LogP contribution in [0.1, 0.15) is 5.56 Å². The number of sulfone groups is 1. The number of aryl methyl sites for hydroxylation is 1. The van der Waals surface area contributed by atoms with Crippen molar-refractivity contribution >= 4 is 108 Å². The average molecular weight is 986 g/mol. The van der Waals surface area contributed by atoms with E-state index in [0.717, 1.165) is 0 Å². The summed E-state index contributed by atoms with van der Waals surface area (Å²) in [5.41, 5.74) is -1.76. The number of azo groups is 1. The van der Waals surface area contributed by atoms with E-state index in [4.69, 9.17) is 20.9 Å². The van der Waals surface area contributed by atoms with Gasteiger partial charge < -0.3 is 30.7 Å². The molecular weight excluding hydrogens is 958 g/mol. The van der Waals surface area contributed by atoms with Crippen LogP contribution in [0.5, 0.6) is 17.2 Å². The van der Waals surface area contributed by atoms with Gasteiger partial charge in [0.15, 0.2) is 21.3 Å². The summed E-state index contributed by atoms with van der Waals surface area (Å²) in [5, 5.41) is 42.3. The number of rotatable bonds is 17. The third-order valence-corrected chi connectivity index (χ3v) is 12.6. The van der Waals surface area contributed by atoms with Crippen LogP contribution in [0.4, 0.5) is 34.6 Å². The lowest BCUT2D eigenvalue weighted by Gasteiger charge is -2.16. The van der Waals surface area contributed by atoms with Gasteiger partial charge in [-0.05, 0) is 71.9 Å². The fourth-order valence-corrected chi connectivity index (χ4v) is 8.81. The number of aromatic nitrogens is 3. The highest BCUT2D eigenvalue weighted by atomic mass is 35.5. The number of hydrogen-bond acceptors (Lipinski definition) is 22. The average Bonchev–Trinajstić information content (AvgIpc) is 3.12. The quantitative estimate of drug-likeness (QED) is 0.0367.